The topological polar surface area (TPSA) is 70.9 Å². The minimum atomic E-state index is -0.274. The molecule has 0 aliphatic heterocycles. The van der Waals surface area contributed by atoms with E-state index in [0.29, 0.717) is 16.9 Å². The summed E-state index contributed by atoms with van der Waals surface area (Å²) in [6.07, 6.45) is 1.63. The van der Waals surface area contributed by atoms with E-state index >= 15 is 0 Å². The van der Waals surface area contributed by atoms with Gasteiger partial charge >= 0.3 is 5.69 Å². The molecule has 0 amide bonds. The Labute approximate surface area is 96.0 Å². The average molecular weight is 227 g/mol. The highest BCUT2D eigenvalue weighted by Gasteiger charge is 2.09. The van der Waals surface area contributed by atoms with Gasteiger partial charge in [0, 0.05) is 12.3 Å². The highest BCUT2D eigenvalue weighted by Crippen LogP contribution is 2.18. The molecule has 3 aromatic rings. The van der Waals surface area contributed by atoms with Crippen molar-refractivity contribution in [1.82, 2.24) is 14.5 Å². The van der Waals surface area contributed by atoms with Gasteiger partial charge in [0.25, 0.3) is 0 Å². The van der Waals surface area contributed by atoms with Crippen LogP contribution in [0.5, 0.6) is 5.75 Å². The predicted octanol–water partition coefficient (Wildman–Crippen LogP) is 1.42. The van der Waals surface area contributed by atoms with Crippen LogP contribution in [-0.4, -0.2) is 19.6 Å². The van der Waals surface area contributed by atoms with E-state index in [1.807, 2.05) is 6.07 Å². The molecule has 0 aliphatic carbocycles. The quantitative estimate of drug-likeness (QED) is 0.660. The Morgan fingerprint density at radius 1 is 1.24 bits per heavy atom. The number of phenols is 1. The largest absolute Gasteiger partial charge is 0.508 e. The SMILES string of the molecule is O=c1[nH]c2cc(O)ccc2n1-c1ccccn1. The smallest absolute Gasteiger partial charge is 0.332 e. The van der Waals surface area contributed by atoms with E-state index in [-0.39, 0.29) is 11.4 Å². The lowest BCUT2D eigenvalue weighted by Gasteiger charge is -2.01. The number of H-pyrrole nitrogens is 1. The Morgan fingerprint density at radius 3 is 2.88 bits per heavy atom. The van der Waals surface area contributed by atoms with Crippen molar-refractivity contribution in [2.45, 2.75) is 0 Å². The van der Waals surface area contributed by atoms with E-state index in [2.05, 4.69) is 9.97 Å². The molecule has 1 aromatic carbocycles. The van der Waals surface area contributed by atoms with Gasteiger partial charge in [-0.05, 0) is 24.3 Å². The number of imidazole rings is 1. The number of rotatable bonds is 1. The maximum absolute atomic E-state index is 11.8. The molecule has 0 radical (unpaired) electrons. The molecule has 2 aromatic heterocycles. The van der Waals surface area contributed by atoms with Crippen molar-refractivity contribution >= 4 is 11.0 Å². The third kappa shape index (κ3) is 1.48. The normalized spacial score (nSPS) is 10.8. The lowest BCUT2D eigenvalue weighted by Crippen LogP contribution is -2.15. The van der Waals surface area contributed by atoms with Gasteiger partial charge in [0.2, 0.25) is 0 Å². The second kappa shape index (κ2) is 3.48. The van der Waals surface area contributed by atoms with Crippen LogP contribution in [0.4, 0.5) is 0 Å². The molecule has 0 fully saturated rings. The number of pyridine rings is 1. The van der Waals surface area contributed by atoms with Crippen LogP contribution in [0.25, 0.3) is 16.9 Å². The van der Waals surface area contributed by atoms with Crippen molar-refractivity contribution in [3.63, 3.8) is 0 Å². The molecule has 0 unspecified atom stereocenters. The highest BCUT2D eigenvalue weighted by molar-refractivity contribution is 5.78. The Bertz CT molecular complexity index is 728. The third-order valence-corrected chi connectivity index (χ3v) is 2.54. The number of aromatic hydroxyl groups is 1. The van der Waals surface area contributed by atoms with E-state index < -0.39 is 0 Å². The minimum Gasteiger partial charge on any atom is -0.508 e. The molecule has 0 aliphatic rings. The molecule has 0 spiro atoms. The first-order chi connectivity index (χ1) is 8.25. The van der Waals surface area contributed by atoms with Crippen LogP contribution in [-0.2, 0) is 0 Å². The van der Waals surface area contributed by atoms with Crippen LogP contribution < -0.4 is 5.69 Å². The van der Waals surface area contributed by atoms with Crippen molar-refractivity contribution in [3.8, 4) is 11.6 Å². The van der Waals surface area contributed by atoms with Crippen molar-refractivity contribution in [1.29, 1.82) is 0 Å². The molecule has 84 valence electrons. The molecule has 0 saturated carbocycles. The molecule has 3 rings (SSSR count). The van der Waals surface area contributed by atoms with Gasteiger partial charge in [-0.25, -0.2) is 14.3 Å². The first kappa shape index (κ1) is 9.65. The first-order valence-corrected chi connectivity index (χ1v) is 5.11. The zero-order chi connectivity index (χ0) is 11.8. The zero-order valence-electron chi connectivity index (χ0n) is 8.79. The molecule has 2 N–H and O–H groups in total. The van der Waals surface area contributed by atoms with Crippen molar-refractivity contribution in [3.05, 3.63) is 53.1 Å². The van der Waals surface area contributed by atoms with Crippen molar-refractivity contribution < 1.29 is 5.11 Å². The number of phenolic OH excluding ortho intramolecular Hbond substituents is 1. The Balaban J connectivity index is 2.37. The van der Waals surface area contributed by atoms with Crippen LogP contribution in [0.15, 0.2) is 47.4 Å². The van der Waals surface area contributed by atoms with Crippen molar-refractivity contribution in [2.75, 3.05) is 0 Å². The average Bonchev–Trinajstić information content (AvgIpc) is 2.65. The van der Waals surface area contributed by atoms with E-state index in [9.17, 15) is 9.90 Å². The molecule has 0 saturated heterocycles. The predicted molar refractivity (Wildman–Crippen MR) is 63.4 cm³/mol. The number of nitrogens with zero attached hydrogens (tertiary/aromatic N) is 2. The maximum Gasteiger partial charge on any atom is 0.332 e. The van der Waals surface area contributed by atoms with Gasteiger partial charge in [0.05, 0.1) is 11.0 Å². The summed E-state index contributed by atoms with van der Waals surface area (Å²) in [5.41, 5.74) is 0.997. The fourth-order valence-corrected chi connectivity index (χ4v) is 1.81. The summed E-state index contributed by atoms with van der Waals surface area (Å²) in [4.78, 5) is 18.6. The summed E-state index contributed by atoms with van der Waals surface area (Å²) in [5, 5.41) is 9.35. The van der Waals surface area contributed by atoms with E-state index in [1.54, 1.807) is 24.4 Å². The molecule has 0 bridgehead atoms. The molecule has 2 heterocycles. The second-order valence-corrected chi connectivity index (χ2v) is 3.65. The standard InChI is InChI=1S/C12H9N3O2/c16-8-4-5-10-9(7-8)14-12(17)15(10)11-3-1-2-6-13-11/h1-7,16H,(H,14,17). The third-order valence-electron chi connectivity index (χ3n) is 2.54. The van der Waals surface area contributed by atoms with E-state index in [1.165, 1.54) is 16.7 Å². The Morgan fingerprint density at radius 2 is 2.12 bits per heavy atom. The van der Waals surface area contributed by atoms with Crippen LogP contribution >= 0.6 is 0 Å². The molecule has 17 heavy (non-hydrogen) atoms. The number of hydrogen-bond donors (Lipinski definition) is 2. The van der Waals surface area contributed by atoms with Gasteiger partial charge in [-0.15, -0.1) is 0 Å². The number of aromatic amines is 1. The second-order valence-electron chi connectivity index (χ2n) is 3.65. The van der Waals surface area contributed by atoms with Gasteiger partial charge < -0.3 is 10.1 Å². The van der Waals surface area contributed by atoms with Gasteiger partial charge in [-0.1, -0.05) is 6.07 Å². The summed E-state index contributed by atoms with van der Waals surface area (Å²) in [5.74, 6) is 0.668. The molecular formula is C12H9N3O2. The van der Waals surface area contributed by atoms with Gasteiger partial charge in [0.15, 0.2) is 0 Å². The lowest BCUT2D eigenvalue weighted by molar-refractivity contribution is 0.476. The fraction of sp³-hybridized carbons (Fsp3) is 0. The first-order valence-electron chi connectivity index (χ1n) is 5.11. The summed E-state index contributed by atoms with van der Waals surface area (Å²) in [6.45, 7) is 0. The summed E-state index contributed by atoms with van der Waals surface area (Å²) in [7, 11) is 0. The van der Waals surface area contributed by atoms with Crippen LogP contribution in [0, 0.1) is 0 Å². The van der Waals surface area contributed by atoms with Crippen LogP contribution in [0.3, 0.4) is 0 Å². The van der Waals surface area contributed by atoms with Gasteiger partial charge in [-0.2, -0.15) is 0 Å². The highest BCUT2D eigenvalue weighted by atomic mass is 16.3. The zero-order valence-corrected chi connectivity index (χ0v) is 8.79. The van der Waals surface area contributed by atoms with E-state index in [0.717, 1.165) is 0 Å². The molecule has 5 nitrogen and oxygen atoms in total. The number of benzene rings is 1. The minimum absolute atomic E-state index is 0.118. The fourth-order valence-electron chi connectivity index (χ4n) is 1.81. The Hall–Kier alpha value is -2.56. The van der Waals surface area contributed by atoms with Crippen molar-refractivity contribution in [2.24, 2.45) is 0 Å². The number of hydrogen-bond acceptors (Lipinski definition) is 3. The molecule has 0 atom stereocenters. The van der Waals surface area contributed by atoms with E-state index in [4.69, 9.17) is 0 Å². The number of nitrogens with one attached hydrogen (secondary N) is 1. The molecular weight excluding hydrogens is 218 g/mol. The van der Waals surface area contributed by atoms with Crippen LogP contribution in [0.2, 0.25) is 0 Å². The Kier molecular flexibility index (Phi) is 1.98. The van der Waals surface area contributed by atoms with Crippen LogP contribution in [0.1, 0.15) is 0 Å². The maximum atomic E-state index is 11.8. The number of aromatic nitrogens is 3. The van der Waals surface area contributed by atoms with Gasteiger partial charge in [-0.3, -0.25) is 0 Å². The number of fused-ring (bicyclic) bond motifs is 1. The molecule has 5 heteroatoms. The van der Waals surface area contributed by atoms with Gasteiger partial charge in [0.1, 0.15) is 11.6 Å². The monoisotopic (exact) mass is 227 g/mol. The summed E-state index contributed by atoms with van der Waals surface area (Å²) >= 11 is 0. The summed E-state index contributed by atoms with van der Waals surface area (Å²) < 4.78 is 1.47. The summed E-state index contributed by atoms with van der Waals surface area (Å²) in [6, 6.07) is 10.1. The lowest BCUT2D eigenvalue weighted by atomic mass is 10.3.